The lowest BCUT2D eigenvalue weighted by atomic mass is 10.1. The minimum atomic E-state index is -0.640. The van der Waals surface area contributed by atoms with Crippen LogP contribution in [0.5, 0.6) is 0 Å². The predicted octanol–water partition coefficient (Wildman–Crippen LogP) is 1.84. The number of ketones is 1. The van der Waals surface area contributed by atoms with Crippen molar-refractivity contribution in [2.24, 2.45) is 0 Å². The molecule has 1 aromatic carbocycles. The number of Topliss-reactive ketones (excluding diaryl/α,β-unsaturated/α-hetero) is 1. The first-order valence-corrected chi connectivity index (χ1v) is 5.54. The number of hydrogen-bond donors (Lipinski definition) is 1. The monoisotopic (exact) mass is 270 g/mol. The van der Waals surface area contributed by atoms with Crippen LogP contribution >= 0.6 is 15.9 Å². The third-order valence-corrected chi connectivity index (χ3v) is 3.01. The van der Waals surface area contributed by atoms with Crippen molar-refractivity contribution in [3.05, 3.63) is 34.3 Å². The number of aliphatic hydroxyl groups is 1. The topological polar surface area (TPSA) is 46.5 Å². The molecule has 3 nitrogen and oxygen atoms in total. The zero-order chi connectivity index (χ0) is 10.8. The standard InChI is InChI=1S/C11H11BrO3/c12-8-3-1-7(2-4-8)10-5-9(14)11(6-13)15-10/h1-4,10-11,13H,5-6H2/t10-,11-/m1/s1. The Kier molecular flexibility index (Phi) is 3.19. The van der Waals surface area contributed by atoms with Crippen molar-refractivity contribution in [2.45, 2.75) is 18.6 Å². The van der Waals surface area contributed by atoms with Crippen molar-refractivity contribution >= 4 is 21.7 Å². The molecule has 0 saturated carbocycles. The molecule has 0 aromatic heterocycles. The lowest BCUT2D eigenvalue weighted by Crippen LogP contribution is -2.19. The van der Waals surface area contributed by atoms with E-state index in [1.807, 2.05) is 24.3 Å². The van der Waals surface area contributed by atoms with E-state index in [2.05, 4.69) is 15.9 Å². The van der Waals surface area contributed by atoms with Crippen LogP contribution in [-0.2, 0) is 9.53 Å². The van der Waals surface area contributed by atoms with Gasteiger partial charge in [-0.15, -0.1) is 0 Å². The molecule has 2 rings (SSSR count). The van der Waals surface area contributed by atoms with E-state index >= 15 is 0 Å². The molecule has 0 amide bonds. The highest BCUT2D eigenvalue weighted by molar-refractivity contribution is 9.10. The third-order valence-electron chi connectivity index (χ3n) is 2.48. The highest BCUT2D eigenvalue weighted by Gasteiger charge is 2.33. The third kappa shape index (κ3) is 2.27. The number of benzene rings is 1. The van der Waals surface area contributed by atoms with Gasteiger partial charge in [-0.1, -0.05) is 28.1 Å². The van der Waals surface area contributed by atoms with E-state index in [4.69, 9.17) is 9.84 Å². The second kappa shape index (κ2) is 4.43. The fraction of sp³-hybridized carbons (Fsp3) is 0.364. The maximum absolute atomic E-state index is 11.4. The van der Waals surface area contributed by atoms with E-state index in [0.29, 0.717) is 6.42 Å². The fourth-order valence-corrected chi connectivity index (χ4v) is 1.92. The van der Waals surface area contributed by atoms with Crippen molar-refractivity contribution in [1.82, 2.24) is 0 Å². The number of carbonyl (C=O) groups is 1. The number of halogens is 1. The summed E-state index contributed by atoms with van der Waals surface area (Å²) in [5.74, 6) is -0.0228. The van der Waals surface area contributed by atoms with Crippen LogP contribution in [0.25, 0.3) is 0 Å². The molecule has 0 spiro atoms. The molecule has 1 fully saturated rings. The summed E-state index contributed by atoms with van der Waals surface area (Å²) < 4.78 is 6.43. The minimum absolute atomic E-state index is 0.0228. The summed E-state index contributed by atoms with van der Waals surface area (Å²) in [5.41, 5.74) is 0.975. The Labute approximate surface area is 96.2 Å². The summed E-state index contributed by atoms with van der Waals surface area (Å²) >= 11 is 3.34. The lowest BCUT2D eigenvalue weighted by Gasteiger charge is -2.10. The summed E-state index contributed by atoms with van der Waals surface area (Å²) in [7, 11) is 0. The molecule has 80 valence electrons. The van der Waals surface area contributed by atoms with Crippen LogP contribution in [0.1, 0.15) is 18.1 Å². The molecule has 0 radical (unpaired) electrons. The average molecular weight is 271 g/mol. The molecule has 15 heavy (non-hydrogen) atoms. The van der Waals surface area contributed by atoms with Gasteiger partial charge in [-0.3, -0.25) is 4.79 Å². The van der Waals surface area contributed by atoms with E-state index in [1.54, 1.807) is 0 Å². The first-order valence-electron chi connectivity index (χ1n) is 4.75. The quantitative estimate of drug-likeness (QED) is 0.892. The maximum Gasteiger partial charge on any atom is 0.166 e. The van der Waals surface area contributed by atoms with Gasteiger partial charge in [0.05, 0.1) is 12.7 Å². The maximum atomic E-state index is 11.4. The smallest absolute Gasteiger partial charge is 0.166 e. The zero-order valence-electron chi connectivity index (χ0n) is 8.02. The average Bonchev–Trinajstić information content (AvgIpc) is 2.61. The number of carbonyl (C=O) groups excluding carboxylic acids is 1. The predicted molar refractivity (Wildman–Crippen MR) is 58.5 cm³/mol. The molecule has 2 atom stereocenters. The summed E-state index contributed by atoms with van der Waals surface area (Å²) in [4.78, 5) is 11.4. The van der Waals surface area contributed by atoms with E-state index in [0.717, 1.165) is 10.0 Å². The second-order valence-corrected chi connectivity index (χ2v) is 4.43. The zero-order valence-corrected chi connectivity index (χ0v) is 9.61. The SMILES string of the molecule is O=C1C[C@H](c2ccc(Br)cc2)O[C@@H]1CO. The Morgan fingerprint density at radius 2 is 2.07 bits per heavy atom. The van der Waals surface area contributed by atoms with Gasteiger partial charge < -0.3 is 9.84 Å². The summed E-state index contributed by atoms with van der Waals surface area (Å²) in [5, 5.41) is 8.89. The van der Waals surface area contributed by atoms with E-state index < -0.39 is 6.10 Å². The molecule has 1 aliphatic heterocycles. The number of ether oxygens (including phenoxy) is 1. The van der Waals surface area contributed by atoms with Crippen molar-refractivity contribution in [2.75, 3.05) is 6.61 Å². The first-order chi connectivity index (χ1) is 7.20. The summed E-state index contributed by atoms with van der Waals surface area (Å²) in [6.45, 7) is -0.230. The number of rotatable bonds is 2. The van der Waals surface area contributed by atoms with Crippen molar-refractivity contribution in [3.8, 4) is 0 Å². The lowest BCUT2D eigenvalue weighted by molar-refractivity contribution is -0.124. The van der Waals surface area contributed by atoms with Gasteiger partial charge >= 0.3 is 0 Å². The Hall–Kier alpha value is -0.710. The van der Waals surface area contributed by atoms with Crippen molar-refractivity contribution in [3.63, 3.8) is 0 Å². The van der Waals surface area contributed by atoms with Gasteiger partial charge in [0.25, 0.3) is 0 Å². The molecule has 4 heteroatoms. The molecule has 1 N–H and O–H groups in total. The van der Waals surface area contributed by atoms with Crippen LogP contribution in [0.2, 0.25) is 0 Å². The van der Waals surface area contributed by atoms with Gasteiger partial charge in [-0.2, -0.15) is 0 Å². The van der Waals surface area contributed by atoms with Gasteiger partial charge in [-0.05, 0) is 17.7 Å². The van der Waals surface area contributed by atoms with Crippen molar-refractivity contribution in [1.29, 1.82) is 0 Å². The molecule has 0 unspecified atom stereocenters. The van der Waals surface area contributed by atoms with Gasteiger partial charge in [0.15, 0.2) is 5.78 Å². The van der Waals surface area contributed by atoms with Gasteiger partial charge in [0, 0.05) is 10.9 Å². The normalized spacial score (nSPS) is 25.9. The fourth-order valence-electron chi connectivity index (χ4n) is 1.66. The first kappa shape index (κ1) is 10.8. The highest BCUT2D eigenvalue weighted by atomic mass is 79.9. The Bertz CT molecular complexity index is 361. The van der Waals surface area contributed by atoms with E-state index in [1.165, 1.54) is 0 Å². The molecule has 1 saturated heterocycles. The highest BCUT2D eigenvalue weighted by Crippen LogP contribution is 2.30. The Morgan fingerprint density at radius 1 is 1.40 bits per heavy atom. The minimum Gasteiger partial charge on any atom is -0.393 e. The molecule has 0 bridgehead atoms. The largest absolute Gasteiger partial charge is 0.393 e. The Morgan fingerprint density at radius 3 is 2.60 bits per heavy atom. The van der Waals surface area contributed by atoms with Crippen LogP contribution in [0.15, 0.2) is 28.7 Å². The molecule has 1 aromatic rings. The van der Waals surface area contributed by atoms with Crippen LogP contribution in [-0.4, -0.2) is 23.6 Å². The Balaban J connectivity index is 2.13. The van der Waals surface area contributed by atoms with Crippen LogP contribution < -0.4 is 0 Å². The molecular formula is C11H11BrO3. The second-order valence-electron chi connectivity index (χ2n) is 3.52. The molecule has 1 aliphatic rings. The van der Waals surface area contributed by atoms with Gasteiger partial charge in [-0.25, -0.2) is 0 Å². The molecule has 0 aliphatic carbocycles. The van der Waals surface area contributed by atoms with Crippen LogP contribution in [0.3, 0.4) is 0 Å². The molecule has 1 heterocycles. The molecular weight excluding hydrogens is 260 g/mol. The van der Waals surface area contributed by atoms with Crippen molar-refractivity contribution < 1.29 is 14.6 Å². The number of hydrogen-bond acceptors (Lipinski definition) is 3. The van der Waals surface area contributed by atoms with E-state index in [-0.39, 0.29) is 18.5 Å². The van der Waals surface area contributed by atoms with Crippen LogP contribution in [0, 0.1) is 0 Å². The summed E-state index contributed by atoms with van der Waals surface area (Å²) in [6.07, 6.45) is -0.492. The van der Waals surface area contributed by atoms with Gasteiger partial charge in [0.2, 0.25) is 0 Å². The van der Waals surface area contributed by atoms with Crippen LogP contribution in [0.4, 0.5) is 0 Å². The van der Waals surface area contributed by atoms with E-state index in [9.17, 15) is 4.79 Å². The number of aliphatic hydroxyl groups excluding tert-OH is 1. The summed E-state index contributed by atoms with van der Waals surface area (Å²) in [6, 6.07) is 7.66. The van der Waals surface area contributed by atoms with Gasteiger partial charge in [0.1, 0.15) is 6.10 Å².